The lowest BCUT2D eigenvalue weighted by molar-refractivity contribution is -0.126. The van der Waals surface area contributed by atoms with Crippen LogP contribution < -0.4 is 10.6 Å². The fourth-order valence-electron chi connectivity index (χ4n) is 2.23. The minimum absolute atomic E-state index is 0.0554. The average Bonchev–Trinajstić information content (AvgIpc) is 3.16. The van der Waals surface area contributed by atoms with E-state index in [4.69, 9.17) is 4.42 Å². The first kappa shape index (κ1) is 18.4. The Morgan fingerprint density at radius 1 is 0.960 bits per heavy atom. The van der Waals surface area contributed by atoms with E-state index in [9.17, 15) is 14.4 Å². The highest BCUT2D eigenvalue weighted by atomic mass is 16.3. The number of amides is 2. The van der Waals surface area contributed by atoms with Crippen LogP contribution >= 0.6 is 0 Å². The molecule has 0 radical (unpaired) electrons. The van der Waals surface area contributed by atoms with Gasteiger partial charge in [-0.05, 0) is 24.1 Å². The summed E-state index contributed by atoms with van der Waals surface area (Å²) in [5.74, 6) is -0.0858. The van der Waals surface area contributed by atoms with Gasteiger partial charge in [0, 0.05) is 18.4 Å². The minimum atomic E-state index is -0.327. The molecule has 1 aromatic heterocycles. The Bertz CT molecular complexity index is 706. The first-order valence-electron chi connectivity index (χ1n) is 8.26. The van der Waals surface area contributed by atoms with Crippen molar-refractivity contribution in [3.05, 3.63) is 59.5 Å². The van der Waals surface area contributed by atoms with Gasteiger partial charge in [0.2, 0.25) is 11.8 Å². The molecule has 2 rings (SSSR count). The Morgan fingerprint density at radius 2 is 1.72 bits per heavy atom. The highest BCUT2D eigenvalue weighted by molar-refractivity contribution is 5.98. The number of nitrogens with one attached hydrogen (secondary N) is 2. The SMILES string of the molecule is CCc1ccc(C(=O)CCC(=O)NCC(=O)NCc2ccco2)cc1. The average molecular weight is 342 g/mol. The first-order valence-corrected chi connectivity index (χ1v) is 8.26. The van der Waals surface area contributed by atoms with Crippen molar-refractivity contribution in [3.8, 4) is 0 Å². The molecular weight excluding hydrogens is 320 g/mol. The lowest BCUT2D eigenvalue weighted by atomic mass is 10.0. The molecule has 0 fully saturated rings. The molecule has 1 heterocycles. The molecule has 1 aromatic carbocycles. The van der Waals surface area contributed by atoms with E-state index in [2.05, 4.69) is 10.6 Å². The third-order valence-corrected chi connectivity index (χ3v) is 3.75. The topological polar surface area (TPSA) is 88.4 Å². The standard InChI is InChI=1S/C19H22N2O4/c1-2-14-5-7-15(8-6-14)17(22)9-10-18(23)21-13-19(24)20-12-16-4-3-11-25-16/h3-8,11H,2,9-10,12-13H2,1H3,(H,20,24)(H,21,23). The largest absolute Gasteiger partial charge is 0.467 e. The number of Topliss-reactive ketones (excluding diaryl/α,β-unsaturated/α-hetero) is 1. The van der Waals surface area contributed by atoms with Crippen LogP contribution in [0.1, 0.15) is 41.4 Å². The monoisotopic (exact) mass is 342 g/mol. The second kappa shape index (κ2) is 9.42. The van der Waals surface area contributed by atoms with Crippen LogP contribution in [0.15, 0.2) is 47.1 Å². The molecule has 0 atom stereocenters. The number of benzene rings is 1. The third-order valence-electron chi connectivity index (χ3n) is 3.75. The van der Waals surface area contributed by atoms with Gasteiger partial charge >= 0.3 is 0 Å². The van der Waals surface area contributed by atoms with Crippen molar-refractivity contribution in [2.24, 2.45) is 0 Å². The molecule has 0 spiro atoms. The van der Waals surface area contributed by atoms with Crippen LogP contribution in [0.3, 0.4) is 0 Å². The number of aryl methyl sites for hydroxylation is 1. The summed E-state index contributed by atoms with van der Waals surface area (Å²) in [5.41, 5.74) is 1.76. The second-order valence-electron chi connectivity index (χ2n) is 5.61. The highest BCUT2D eigenvalue weighted by Gasteiger charge is 2.10. The van der Waals surface area contributed by atoms with Crippen molar-refractivity contribution < 1.29 is 18.8 Å². The molecule has 0 saturated heterocycles. The molecule has 0 saturated carbocycles. The Kier molecular flexibility index (Phi) is 6.95. The summed E-state index contributed by atoms with van der Waals surface area (Å²) in [6.07, 6.45) is 2.61. The van der Waals surface area contributed by atoms with Crippen LogP contribution in [0.25, 0.3) is 0 Å². The molecule has 2 N–H and O–H groups in total. The van der Waals surface area contributed by atoms with Gasteiger partial charge < -0.3 is 15.1 Å². The van der Waals surface area contributed by atoms with E-state index in [0.29, 0.717) is 11.3 Å². The van der Waals surface area contributed by atoms with Crippen LogP contribution in [0, 0.1) is 0 Å². The van der Waals surface area contributed by atoms with Gasteiger partial charge in [-0.25, -0.2) is 0 Å². The van der Waals surface area contributed by atoms with Crippen molar-refractivity contribution in [1.29, 1.82) is 0 Å². The number of ketones is 1. The third kappa shape index (κ3) is 6.25. The Morgan fingerprint density at radius 3 is 2.36 bits per heavy atom. The molecule has 2 aromatic rings. The highest BCUT2D eigenvalue weighted by Crippen LogP contribution is 2.08. The molecule has 0 aliphatic heterocycles. The molecular formula is C19H22N2O4. The number of furan rings is 1. The smallest absolute Gasteiger partial charge is 0.239 e. The van der Waals surface area contributed by atoms with Gasteiger partial charge in [0.1, 0.15) is 5.76 Å². The zero-order valence-corrected chi connectivity index (χ0v) is 14.2. The Balaban J connectivity index is 1.65. The molecule has 0 unspecified atom stereocenters. The van der Waals surface area contributed by atoms with Gasteiger partial charge in [-0.2, -0.15) is 0 Å². The van der Waals surface area contributed by atoms with E-state index in [0.717, 1.165) is 12.0 Å². The predicted octanol–water partition coefficient (Wildman–Crippen LogP) is 2.24. The molecule has 0 bridgehead atoms. The summed E-state index contributed by atoms with van der Waals surface area (Å²) >= 11 is 0. The van der Waals surface area contributed by atoms with Crippen molar-refractivity contribution in [2.75, 3.05) is 6.54 Å². The summed E-state index contributed by atoms with van der Waals surface area (Å²) in [6, 6.07) is 10.9. The normalized spacial score (nSPS) is 10.3. The van der Waals surface area contributed by atoms with E-state index >= 15 is 0 Å². The Hall–Kier alpha value is -2.89. The quantitative estimate of drug-likeness (QED) is 0.684. The summed E-state index contributed by atoms with van der Waals surface area (Å²) in [6.45, 7) is 2.19. The van der Waals surface area contributed by atoms with Gasteiger partial charge in [-0.15, -0.1) is 0 Å². The zero-order valence-electron chi connectivity index (χ0n) is 14.2. The van der Waals surface area contributed by atoms with Crippen LogP contribution in [-0.4, -0.2) is 24.1 Å². The van der Waals surface area contributed by atoms with Crippen LogP contribution in [0.2, 0.25) is 0 Å². The van der Waals surface area contributed by atoms with Gasteiger partial charge in [-0.1, -0.05) is 31.2 Å². The fourth-order valence-corrected chi connectivity index (χ4v) is 2.23. The van der Waals surface area contributed by atoms with Crippen molar-refractivity contribution in [1.82, 2.24) is 10.6 Å². The molecule has 2 amide bonds. The molecule has 0 aliphatic carbocycles. The zero-order chi connectivity index (χ0) is 18.1. The Labute approximate surface area is 146 Å². The van der Waals surface area contributed by atoms with Crippen LogP contribution in [0.5, 0.6) is 0 Å². The lowest BCUT2D eigenvalue weighted by Crippen LogP contribution is -2.36. The summed E-state index contributed by atoms with van der Waals surface area (Å²) in [4.78, 5) is 35.4. The first-order chi connectivity index (χ1) is 12.1. The number of carbonyl (C=O) groups excluding carboxylic acids is 3. The number of hydrogen-bond acceptors (Lipinski definition) is 4. The second-order valence-corrected chi connectivity index (χ2v) is 5.61. The number of carbonyl (C=O) groups is 3. The van der Waals surface area contributed by atoms with Gasteiger partial charge in [0.25, 0.3) is 0 Å². The molecule has 6 heteroatoms. The predicted molar refractivity (Wildman–Crippen MR) is 92.9 cm³/mol. The van der Waals surface area contributed by atoms with E-state index in [-0.39, 0.29) is 43.5 Å². The van der Waals surface area contributed by atoms with Crippen LogP contribution in [-0.2, 0) is 22.6 Å². The van der Waals surface area contributed by atoms with E-state index in [1.165, 1.54) is 6.26 Å². The van der Waals surface area contributed by atoms with E-state index in [1.807, 2.05) is 19.1 Å². The summed E-state index contributed by atoms with van der Waals surface area (Å²) in [7, 11) is 0. The van der Waals surface area contributed by atoms with Crippen molar-refractivity contribution >= 4 is 17.6 Å². The number of hydrogen-bond donors (Lipinski definition) is 2. The molecule has 0 aliphatic rings. The maximum Gasteiger partial charge on any atom is 0.239 e. The van der Waals surface area contributed by atoms with E-state index < -0.39 is 0 Å². The van der Waals surface area contributed by atoms with Gasteiger partial charge in [0.15, 0.2) is 5.78 Å². The lowest BCUT2D eigenvalue weighted by Gasteiger charge is -2.06. The van der Waals surface area contributed by atoms with Gasteiger partial charge in [0.05, 0.1) is 19.4 Å². The van der Waals surface area contributed by atoms with Crippen LogP contribution in [0.4, 0.5) is 0 Å². The molecule has 25 heavy (non-hydrogen) atoms. The van der Waals surface area contributed by atoms with Crippen molar-refractivity contribution in [2.45, 2.75) is 32.7 Å². The molecule has 132 valence electrons. The van der Waals surface area contributed by atoms with Crippen molar-refractivity contribution in [3.63, 3.8) is 0 Å². The summed E-state index contributed by atoms with van der Waals surface area (Å²) < 4.78 is 5.09. The maximum absolute atomic E-state index is 12.1. The van der Waals surface area contributed by atoms with Gasteiger partial charge in [-0.3, -0.25) is 14.4 Å². The van der Waals surface area contributed by atoms with E-state index in [1.54, 1.807) is 24.3 Å². The fraction of sp³-hybridized carbons (Fsp3) is 0.316. The number of rotatable bonds is 9. The minimum Gasteiger partial charge on any atom is -0.467 e. The maximum atomic E-state index is 12.1. The summed E-state index contributed by atoms with van der Waals surface area (Å²) in [5, 5.41) is 5.13. The molecule has 6 nitrogen and oxygen atoms in total.